The third-order valence-electron chi connectivity index (χ3n) is 4.23. The summed E-state index contributed by atoms with van der Waals surface area (Å²) in [5, 5.41) is 15.2. The number of nitrogens with one attached hydrogen (secondary N) is 2. The molecule has 0 spiro atoms. The Bertz CT molecular complexity index is 1110. The summed E-state index contributed by atoms with van der Waals surface area (Å²) >= 11 is 17.4. The molecule has 3 rings (SSSR count). The Morgan fingerprint density at radius 1 is 1.10 bits per heavy atom. The molecule has 0 saturated heterocycles. The van der Waals surface area contributed by atoms with Crippen molar-refractivity contribution >= 4 is 52.1 Å². The van der Waals surface area contributed by atoms with E-state index in [1.165, 1.54) is 26.4 Å². The van der Waals surface area contributed by atoms with Crippen molar-refractivity contribution in [3.05, 3.63) is 63.8 Å². The topological polar surface area (TPSA) is 93.0 Å². The minimum Gasteiger partial charge on any atom is -0.496 e. The molecule has 0 saturated carbocycles. The van der Waals surface area contributed by atoms with Gasteiger partial charge in [-0.15, -0.1) is 0 Å². The van der Waals surface area contributed by atoms with Gasteiger partial charge in [0.05, 0.1) is 29.8 Å². The van der Waals surface area contributed by atoms with Gasteiger partial charge in [0.15, 0.2) is 10.9 Å². The summed E-state index contributed by atoms with van der Waals surface area (Å²) in [5.41, 5.74) is 1.46. The Morgan fingerprint density at radius 3 is 2.39 bits per heavy atom. The lowest BCUT2D eigenvalue weighted by molar-refractivity contribution is 0.0977. The molecule has 0 unspecified atom stereocenters. The van der Waals surface area contributed by atoms with Gasteiger partial charge >= 0.3 is 0 Å². The summed E-state index contributed by atoms with van der Waals surface area (Å²) in [4.78, 5) is 12.5. The highest BCUT2D eigenvalue weighted by molar-refractivity contribution is 7.80. The fraction of sp³-hybridized carbons (Fsp3) is 0.143. The summed E-state index contributed by atoms with van der Waals surface area (Å²) in [6.45, 7) is -0.213. The number of furan rings is 1. The number of carbonyl (C=O) groups excluding carboxylic acids is 1. The first-order valence-corrected chi connectivity index (χ1v) is 10.1. The molecule has 0 radical (unpaired) electrons. The van der Waals surface area contributed by atoms with Gasteiger partial charge in [0, 0.05) is 11.3 Å². The second kappa shape index (κ2) is 10.0. The number of thiocarbonyl (C=S) groups is 1. The van der Waals surface area contributed by atoms with Crippen LogP contribution in [-0.4, -0.2) is 30.3 Å². The minimum atomic E-state index is -0.490. The molecule has 2 aromatic carbocycles. The van der Waals surface area contributed by atoms with E-state index >= 15 is 0 Å². The fourth-order valence-electron chi connectivity index (χ4n) is 2.81. The zero-order chi connectivity index (χ0) is 22.5. The van der Waals surface area contributed by atoms with E-state index in [1.54, 1.807) is 30.3 Å². The predicted octanol–water partition coefficient (Wildman–Crippen LogP) is 4.89. The molecule has 0 aliphatic heterocycles. The van der Waals surface area contributed by atoms with Crippen LogP contribution in [0.1, 0.15) is 16.1 Å². The largest absolute Gasteiger partial charge is 0.496 e. The summed E-state index contributed by atoms with van der Waals surface area (Å²) < 4.78 is 16.0. The van der Waals surface area contributed by atoms with Crippen LogP contribution in [0.5, 0.6) is 11.5 Å². The number of benzene rings is 2. The molecule has 10 heteroatoms. The van der Waals surface area contributed by atoms with Crippen molar-refractivity contribution in [1.29, 1.82) is 0 Å². The van der Waals surface area contributed by atoms with Gasteiger partial charge < -0.3 is 24.3 Å². The summed E-state index contributed by atoms with van der Waals surface area (Å²) in [5.74, 6) is 1.31. The Hall–Kier alpha value is -2.78. The Balaban J connectivity index is 1.76. The number of amides is 1. The fourth-order valence-corrected chi connectivity index (χ4v) is 3.66. The summed E-state index contributed by atoms with van der Waals surface area (Å²) in [7, 11) is 2.97. The highest BCUT2D eigenvalue weighted by Crippen LogP contribution is 2.35. The van der Waals surface area contributed by atoms with Crippen molar-refractivity contribution in [2.24, 2.45) is 0 Å². The van der Waals surface area contributed by atoms with Crippen molar-refractivity contribution in [1.82, 2.24) is 5.32 Å². The number of aliphatic hydroxyl groups excluding tert-OH is 1. The normalized spacial score (nSPS) is 10.5. The van der Waals surface area contributed by atoms with Crippen LogP contribution in [0.3, 0.4) is 0 Å². The number of hydrogen-bond donors (Lipinski definition) is 3. The molecule has 0 fully saturated rings. The number of rotatable bonds is 6. The zero-order valence-electron chi connectivity index (χ0n) is 16.5. The Morgan fingerprint density at radius 2 is 1.81 bits per heavy atom. The third kappa shape index (κ3) is 5.29. The maximum atomic E-state index is 12.5. The van der Waals surface area contributed by atoms with Crippen LogP contribution in [0, 0.1) is 0 Å². The van der Waals surface area contributed by atoms with E-state index in [1.807, 2.05) is 0 Å². The van der Waals surface area contributed by atoms with Gasteiger partial charge in [0.1, 0.15) is 23.9 Å². The number of anilines is 1. The molecule has 3 aromatic rings. The Kier molecular flexibility index (Phi) is 7.40. The number of methoxy groups -OCH3 is 2. The molecular formula is C21H18Cl2N2O5S. The number of carbonyl (C=O) groups is 1. The monoisotopic (exact) mass is 480 g/mol. The standard InChI is InChI=1S/C21H18Cl2N2O5S/c1-28-17-5-3-12(9-14(17)18-6-4-13(10-26)30-18)24-21(31)25-20(27)11-7-15(22)19(29-2)16(23)8-11/h3-9,26H,10H2,1-2H3,(H2,24,25,27,31). The number of aliphatic hydroxyl groups is 1. The number of hydrogen-bond acceptors (Lipinski definition) is 6. The zero-order valence-corrected chi connectivity index (χ0v) is 18.8. The number of ether oxygens (including phenoxy) is 2. The molecule has 3 N–H and O–H groups in total. The molecule has 0 atom stereocenters. The van der Waals surface area contributed by atoms with Gasteiger partial charge in [-0.1, -0.05) is 23.2 Å². The van der Waals surface area contributed by atoms with Crippen molar-refractivity contribution in [2.75, 3.05) is 19.5 Å². The van der Waals surface area contributed by atoms with Crippen LogP contribution in [0.25, 0.3) is 11.3 Å². The van der Waals surface area contributed by atoms with E-state index < -0.39 is 5.91 Å². The second-order valence-corrected chi connectivity index (χ2v) is 7.44. The van der Waals surface area contributed by atoms with E-state index in [0.717, 1.165) is 0 Å². The molecule has 1 amide bonds. The molecule has 31 heavy (non-hydrogen) atoms. The van der Waals surface area contributed by atoms with Crippen LogP contribution in [0.4, 0.5) is 5.69 Å². The van der Waals surface area contributed by atoms with Crippen LogP contribution in [-0.2, 0) is 6.61 Å². The SMILES string of the molecule is COc1ccc(NC(=S)NC(=O)c2cc(Cl)c(OC)c(Cl)c2)cc1-c1ccc(CO)o1. The first-order valence-electron chi connectivity index (χ1n) is 8.89. The molecule has 1 heterocycles. The van der Waals surface area contributed by atoms with E-state index in [-0.39, 0.29) is 33.1 Å². The maximum absolute atomic E-state index is 12.5. The van der Waals surface area contributed by atoms with Crippen LogP contribution in [0.2, 0.25) is 10.0 Å². The van der Waals surface area contributed by atoms with Gasteiger partial charge in [-0.3, -0.25) is 10.1 Å². The second-order valence-electron chi connectivity index (χ2n) is 6.22. The summed E-state index contributed by atoms with van der Waals surface area (Å²) in [6.07, 6.45) is 0. The number of halogens is 2. The third-order valence-corrected chi connectivity index (χ3v) is 5.00. The smallest absolute Gasteiger partial charge is 0.257 e. The average Bonchev–Trinajstić information content (AvgIpc) is 3.22. The van der Waals surface area contributed by atoms with Crippen molar-refractivity contribution < 1.29 is 23.8 Å². The highest BCUT2D eigenvalue weighted by Gasteiger charge is 2.16. The molecule has 7 nitrogen and oxygen atoms in total. The molecule has 0 aliphatic carbocycles. The summed E-state index contributed by atoms with van der Waals surface area (Å²) in [6, 6.07) is 11.5. The maximum Gasteiger partial charge on any atom is 0.257 e. The van der Waals surface area contributed by atoms with Gasteiger partial charge in [-0.25, -0.2) is 0 Å². The van der Waals surface area contributed by atoms with Gasteiger partial charge in [-0.2, -0.15) is 0 Å². The average molecular weight is 481 g/mol. The van der Waals surface area contributed by atoms with Crippen LogP contribution >= 0.6 is 35.4 Å². The van der Waals surface area contributed by atoms with E-state index in [4.69, 9.17) is 49.3 Å². The molecule has 0 aliphatic rings. The van der Waals surface area contributed by atoms with Crippen LogP contribution < -0.4 is 20.1 Å². The minimum absolute atomic E-state index is 0.0691. The molecular weight excluding hydrogens is 463 g/mol. The predicted molar refractivity (Wildman–Crippen MR) is 123 cm³/mol. The lowest BCUT2D eigenvalue weighted by Gasteiger charge is -2.13. The van der Waals surface area contributed by atoms with Gasteiger partial charge in [0.25, 0.3) is 5.91 Å². The van der Waals surface area contributed by atoms with Crippen molar-refractivity contribution in [2.45, 2.75) is 6.61 Å². The van der Waals surface area contributed by atoms with E-state index in [0.29, 0.717) is 28.5 Å². The lowest BCUT2D eigenvalue weighted by Crippen LogP contribution is -2.34. The molecule has 162 valence electrons. The quantitative estimate of drug-likeness (QED) is 0.432. The van der Waals surface area contributed by atoms with E-state index in [9.17, 15) is 9.90 Å². The first-order chi connectivity index (χ1) is 14.9. The van der Waals surface area contributed by atoms with Gasteiger partial charge in [-0.05, 0) is 54.7 Å². The van der Waals surface area contributed by atoms with Crippen molar-refractivity contribution in [3.63, 3.8) is 0 Å². The van der Waals surface area contributed by atoms with Crippen LogP contribution in [0.15, 0.2) is 46.9 Å². The Labute approximate surface area is 193 Å². The van der Waals surface area contributed by atoms with E-state index in [2.05, 4.69) is 10.6 Å². The van der Waals surface area contributed by atoms with Gasteiger partial charge in [0.2, 0.25) is 0 Å². The highest BCUT2D eigenvalue weighted by atomic mass is 35.5. The first kappa shape index (κ1) is 22.9. The molecule has 1 aromatic heterocycles. The molecule has 0 bridgehead atoms. The lowest BCUT2D eigenvalue weighted by atomic mass is 10.1. The van der Waals surface area contributed by atoms with Crippen molar-refractivity contribution in [3.8, 4) is 22.8 Å².